The summed E-state index contributed by atoms with van der Waals surface area (Å²) in [5, 5.41) is 9.64. The van der Waals surface area contributed by atoms with Gasteiger partial charge in [0, 0.05) is 41.3 Å². The van der Waals surface area contributed by atoms with Crippen LogP contribution in [0.25, 0.3) is 33.1 Å². The molecule has 1 radical (unpaired) electrons. The zero-order valence-corrected chi connectivity index (χ0v) is 65.3. The SMILES string of the molecule is CCc1cccc(CC)c1O/C(=C1/N=C(C2CCCCC2)C(c2ccc(C#N)cc2)=C1C(C)C)c1[n-]c(C2CCCCC2)cc1Oc1ccc(F)cc1F.[C-]#[N+]c1ccc(-c2c(C3CCCCC3)[n-]c(/C(Oc3c(CC)cccc3CC)=C3\N=C(C4CCCCC4)C=C3Oc3ccc(F)cc3F)c2C(C)C)cc1.[Co+2]. The summed E-state index contributed by atoms with van der Waals surface area (Å²) in [5.41, 5.74) is 18.0. The molecule has 0 atom stereocenters. The normalized spacial score (nSPS) is 17.6. The van der Waals surface area contributed by atoms with Crippen LogP contribution in [0.4, 0.5) is 23.2 Å². The molecule has 4 heterocycles. The van der Waals surface area contributed by atoms with Crippen LogP contribution in [-0.4, -0.2) is 11.4 Å². The number of nitrogens with zero attached hydrogens (tertiary/aromatic N) is 6. The number of halogens is 4. The number of hydrogen-bond acceptors (Lipinski definition) is 7. The summed E-state index contributed by atoms with van der Waals surface area (Å²) in [6, 6.07) is 39.2. The second kappa shape index (κ2) is 36.4. The molecule has 0 amide bonds. The number of nitriles is 1. The third kappa shape index (κ3) is 17.6. The van der Waals surface area contributed by atoms with E-state index in [2.05, 4.69) is 103 Å². The summed E-state index contributed by atoms with van der Waals surface area (Å²) in [5.74, 6) is 1.23. The van der Waals surface area contributed by atoms with Crippen molar-refractivity contribution in [1.29, 1.82) is 5.26 Å². The monoisotopic (exact) mass is 1510 g/mol. The van der Waals surface area contributed by atoms with E-state index in [9.17, 15) is 14.0 Å². The Labute approximate surface area is 652 Å². The zero-order chi connectivity index (χ0) is 75.5. The molecule has 2 aliphatic heterocycles. The van der Waals surface area contributed by atoms with Crippen molar-refractivity contribution < 1.29 is 53.3 Å². The standard InChI is InChI=1S/2C47H50F2N3O2.Co/c1-6-30-19-14-20-31(7-2)46(30)54-47(44-40(53-39-26-23-35(48)27-37(39)49)28-38(51-44)32-15-10-8-11-16-32)45-41(29(3)4)42(33-21-24-36(50-5)25-22-33)43(52-45)34-17-12-9-13-18-34;1-5-31-18-13-19-32(6-2)46(31)54-47(44-40(53-39-25-24-36(48)26-37(39)49)27-38(51-44)33-14-9-7-10-15-33)45-41(29(3)4)42(34-22-20-30(28-50)21-23-34)43(52-45)35-16-11-8-12-17-35;/h14,19-29,32,34H,6-13,15-18H2,1-4H3;13,18-27,29,33,35H,5-12,14-17H2,1-4H3;/q2*-1;+2/b47-44+;47-45+;. The molecule has 6 aliphatic rings. The second-order valence-corrected chi connectivity index (χ2v) is 30.5. The van der Waals surface area contributed by atoms with Crippen molar-refractivity contribution in [3.8, 4) is 45.9 Å². The first kappa shape index (κ1) is 79.1. The van der Waals surface area contributed by atoms with Gasteiger partial charge in [-0.05, 0) is 193 Å². The van der Waals surface area contributed by atoms with Gasteiger partial charge < -0.3 is 28.9 Å². The smallest absolute Gasteiger partial charge is 0.657 e. The Morgan fingerprint density at radius 1 is 0.523 bits per heavy atom. The first-order valence-electron chi connectivity index (χ1n) is 39.9. The first-order chi connectivity index (χ1) is 52.6. The molecule has 15 heteroatoms. The van der Waals surface area contributed by atoms with Gasteiger partial charge in [0.1, 0.15) is 51.8 Å². The second-order valence-electron chi connectivity index (χ2n) is 30.5. The van der Waals surface area contributed by atoms with Crippen LogP contribution in [0.15, 0.2) is 166 Å². The van der Waals surface area contributed by atoms with E-state index in [4.69, 9.17) is 45.5 Å². The first-order valence-corrected chi connectivity index (χ1v) is 39.9. The molecule has 0 spiro atoms. The van der Waals surface area contributed by atoms with E-state index in [0.717, 1.165) is 231 Å². The van der Waals surface area contributed by atoms with Crippen LogP contribution in [0, 0.1) is 58.9 Å². The van der Waals surface area contributed by atoms with E-state index in [1.54, 1.807) is 0 Å². The van der Waals surface area contributed by atoms with Gasteiger partial charge in [-0.3, -0.25) is 0 Å². The van der Waals surface area contributed by atoms with Crippen molar-refractivity contribution in [2.45, 2.75) is 227 Å². The summed E-state index contributed by atoms with van der Waals surface area (Å²) >= 11 is 0. The summed E-state index contributed by atoms with van der Waals surface area (Å²) in [7, 11) is 0. The number of aliphatic imine (C=N–C) groups is 2. The minimum atomic E-state index is -0.787. The van der Waals surface area contributed by atoms with Gasteiger partial charge in [-0.1, -0.05) is 216 Å². The minimum absolute atomic E-state index is 0. The number of allylic oxidation sites excluding steroid dienone is 3. The molecule has 109 heavy (non-hydrogen) atoms. The van der Waals surface area contributed by atoms with Crippen molar-refractivity contribution in [2.24, 2.45) is 27.7 Å². The van der Waals surface area contributed by atoms with Gasteiger partial charge in [0.2, 0.25) is 0 Å². The van der Waals surface area contributed by atoms with E-state index in [1.165, 1.54) is 49.9 Å². The van der Waals surface area contributed by atoms with Gasteiger partial charge >= 0.3 is 16.8 Å². The fourth-order valence-corrected chi connectivity index (χ4v) is 17.0. The van der Waals surface area contributed by atoms with Crippen LogP contribution in [-0.2, 0) is 42.5 Å². The Bertz CT molecular complexity index is 4810. The Morgan fingerprint density at radius 3 is 1.50 bits per heavy atom. The summed E-state index contributed by atoms with van der Waals surface area (Å²) in [6.07, 6.45) is 27.1. The van der Waals surface area contributed by atoms with Crippen molar-refractivity contribution in [2.75, 3.05) is 0 Å². The quantitative estimate of drug-likeness (QED) is 0.0377. The summed E-state index contributed by atoms with van der Waals surface area (Å²) < 4.78 is 86.2. The largest absolute Gasteiger partial charge is 2.00 e. The van der Waals surface area contributed by atoms with Gasteiger partial charge in [-0.15, -0.1) is 5.69 Å². The number of rotatable bonds is 22. The van der Waals surface area contributed by atoms with Gasteiger partial charge in [0.15, 0.2) is 34.6 Å². The number of aryl methyl sites for hydroxylation is 4. The Morgan fingerprint density at radius 2 is 1.01 bits per heavy atom. The molecule has 2 aromatic heterocycles. The van der Waals surface area contributed by atoms with Crippen molar-refractivity contribution in [1.82, 2.24) is 9.97 Å². The van der Waals surface area contributed by atoms with Crippen LogP contribution in [0.5, 0.6) is 28.7 Å². The van der Waals surface area contributed by atoms with E-state index in [-0.39, 0.29) is 63.8 Å². The molecule has 0 N–H and O–H groups in total. The van der Waals surface area contributed by atoms with Crippen LogP contribution >= 0.6 is 0 Å². The molecule has 4 fully saturated rings. The van der Waals surface area contributed by atoms with Crippen molar-refractivity contribution in [3.63, 3.8) is 0 Å². The third-order valence-corrected chi connectivity index (χ3v) is 22.7. The molecule has 6 aromatic carbocycles. The molecule has 8 aromatic rings. The third-order valence-electron chi connectivity index (χ3n) is 22.7. The van der Waals surface area contributed by atoms with E-state index >= 15 is 8.78 Å². The van der Waals surface area contributed by atoms with E-state index in [1.807, 2.05) is 60.7 Å². The number of ether oxygens (including phenoxy) is 4. The maximum atomic E-state index is 15.3. The molecular weight excluding hydrogens is 1410 g/mol. The fourth-order valence-electron chi connectivity index (χ4n) is 17.0. The number of hydrogen-bond donors (Lipinski definition) is 0. The molecule has 0 unspecified atom stereocenters. The average Bonchev–Trinajstić information content (AvgIpc) is 1.60. The average molecular weight is 1510 g/mol. The maximum Gasteiger partial charge on any atom is 2.00 e. The molecular formula is C94H100CoF4N6O4. The maximum absolute atomic E-state index is 15.3. The molecule has 0 saturated heterocycles. The van der Waals surface area contributed by atoms with Gasteiger partial charge in [-0.2, -0.15) is 11.0 Å². The van der Waals surface area contributed by atoms with Crippen LogP contribution in [0.3, 0.4) is 0 Å². The summed E-state index contributed by atoms with van der Waals surface area (Å²) in [4.78, 5) is 25.6. The molecule has 0 bridgehead atoms. The van der Waals surface area contributed by atoms with Gasteiger partial charge in [0.05, 0.1) is 23.9 Å². The van der Waals surface area contributed by atoms with Crippen LogP contribution in [0.2, 0.25) is 0 Å². The van der Waals surface area contributed by atoms with Crippen LogP contribution < -0.4 is 28.9 Å². The summed E-state index contributed by atoms with van der Waals surface area (Å²) in [6.45, 7) is 24.8. The minimum Gasteiger partial charge on any atom is -0.657 e. The van der Waals surface area contributed by atoms with Crippen molar-refractivity contribution in [3.05, 3.63) is 253 Å². The molecule has 14 rings (SSSR count). The zero-order valence-electron chi connectivity index (χ0n) is 64.3. The molecule has 4 saturated carbocycles. The molecule has 4 aliphatic carbocycles. The van der Waals surface area contributed by atoms with Gasteiger partial charge in [0.25, 0.3) is 0 Å². The molecule has 10 nitrogen and oxygen atoms in total. The number of aromatic nitrogens is 2. The Hall–Kier alpha value is -9.41. The van der Waals surface area contributed by atoms with Gasteiger partial charge in [-0.25, -0.2) is 32.4 Å². The predicted octanol–water partition coefficient (Wildman–Crippen LogP) is 25.8. The predicted molar refractivity (Wildman–Crippen MR) is 425 cm³/mol. The Kier molecular flexibility index (Phi) is 26.4. The van der Waals surface area contributed by atoms with Crippen molar-refractivity contribution >= 4 is 34.2 Å². The Balaban J connectivity index is 0.000000201. The van der Waals surface area contributed by atoms with E-state index < -0.39 is 23.3 Å². The van der Waals surface area contributed by atoms with Crippen LogP contribution in [0.1, 0.15) is 263 Å². The fraction of sp³-hybridized carbons (Fsp3) is 0.404. The number of para-hydroxylation sites is 2. The topological polar surface area (TPSA) is 118 Å². The number of benzene rings is 6. The van der Waals surface area contributed by atoms with E-state index in [0.29, 0.717) is 57.1 Å². The molecule has 567 valence electrons.